The summed E-state index contributed by atoms with van der Waals surface area (Å²) in [4.78, 5) is 4.16. The Balaban J connectivity index is 2.84. The lowest BCUT2D eigenvalue weighted by Crippen LogP contribution is -1.98. The van der Waals surface area contributed by atoms with E-state index in [1.165, 1.54) is 5.69 Å². The average Bonchev–Trinajstić information content (AvgIpc) is 2.48. The largest absolute Gasteiger partial charge is 0.383 e. The number of nitrogens with zero attached hydrogens (tertiary/aromatic N) is 2. The number of anilines is 1. The van der Waals surface area contributed by atoms with Crippen LogP contribution in [0.15, 0.2) is 24.4 Å². The molecule has 0 unspecified atom stereocenters. The van der Waals surface area contributed by atoms with Crippen LogP contribution < -0.4 is 5.73 Å². The van der Waals surface area contributed by atoms with Crippen molar-refractivity contribution in [1.82, 2.24) is 9.38 Å². The first-order valence-corrected chi connectivity index (χ1v) is 4.03. The summed E-state index contributed by atoms with van der Waals surface area (Å²) < 4.78 is 1.97. The first-order chi connectivity index (χ1) is 5.83. The van der Waals surface area contributed by atoms with Gasteiger partial charge >= 0.3 is 0 Å². The number of nitrogen functional groups attached to an aromatic ring is 1. The van der Waals surface area contributed by atoms with E-state index < -0.39 is 0 Å². The van der Waals surface area contributed by atoms with Gasteiger partial charge in [0, 0.05) is 5.69 Å². The molecular formula is C9H11N3. The van der Waals surface area contributed by atoms with E-state index in [1.54, 1.807) is 6.20 Å². The summed E-state index contributed by atoms with van der Waals surface area (Å²) in [5.74, 6) is 0.711. The van der Waals surface area contributed by atoms with Gasteiger partial charge in [-0.2, -0.15) is 0 Å². The molecule has 0 atom stereocenters. The predicted molar refractivity (Wildman–Crippen MR) is 49.0 cm³/mol. The van der Waals surface area contributed by atoms with Gasteiger partial charge in [0.1, 0.15) is 11.5 Å². The lowest BCUT2D eigenvalue weighted by Gasteiger charge is -2.02. The van der Waals surface area contributed by atoms with Gasteiger partial charge < -0.3 is 5.73 Å². The Kier molecular flexibility index (Phi) is 1.50. The fourth-order valence-electron chi connectivity index (χ4n) is 1.41. The van der Waals surface area contributed by atoms with Crippen molar-refractivity contribution in [3.05, 3.63) is 30.1 Å². The van der Waals surface area contributed by atoms with Crippen LogP contribution in [0.5, 0.6) is 0 Å². The van der Waals surface area contributed by atoms with Crippen LogP contribution in [-0.2, 0) is 6.42 Å². The molecule has 0 fully saturated rings. The van der Waals surface area contributed by atoms with E-state index >= 15 is 0 Å². The minimum absolute atomic E-state index is 0.711. The number of aromatic nitrogens is 2. The van der Waals surface area contributed by atoms with Gasteiger partial charge in [-0.25, -0.2) is 4.98 Å². The van der Waals surface area contributed by atoms with Gasteiger partial charge in [0.15, 0.2) is 0 Å². The van der Waals surface area contributed by atoms with Crippen LogP contribution in [-0.4, -0.2) is 9.38 Å². The van der Waals surface area contributed by atoms with Crippen LogP contribution in [0.3, 0.4) is 0 Å². The SMILES string of the molecule is CCc1cccc2ncc(N)n12. The van der Waals surface area contributed by atoms with E-state index in [0.717, 1.165) is 12.1 Å². The zero-order chi connectivity index (χ0) is 8.55. The van der Waals surface area contributed by atoms with Crippen LogP contribution in [0, 0.1) is 0 Å². The van der Waals surface area contributed by atoms with E-state index in [0.29, 0.717) is 5.82 Å². The number of aryl methyl sites for hydroxylation is 1. The van der Waals surface area contributed by atoms with Crippen LogP contribution in [0.4, 0.5) is 5.82 Å². The molecule has 2 rings (SSSR count). The monoisotopic (exact) mass is 161 g/mol. The van der Waals surface area contributed by atoms with Crippen molar-refractivity contribution in [3.63, 3.8) is 0 Å². The summed E-state index contributed by atoms with van der Waals surface area (Å²) in [6.07, 6.45) is 2.66. The Morgan fingerprint density at radius 3 is 3.08 bits per heavy atom. The molecule has 2 N–H and O–H groups in total. The van der Waals surface area contributed by atoms with Gasteiger partial charge in [-0.05, 0) is 18.6 Å². The summed E-state index contributed by atoms with van der Waals surface area (Å²) in [5, 5.41) is 0. The molecule has 0 radical (unpaired) electrons. The van der Waals surface area contributed by atoms with Gasteiger partial charge in [0.05, 0.1) is 6.20 Å². The molecule has 0 aliphatic rings. The molecule has 0 bridgehead atoms. The zero-order valence-corrected chi connectivity index (χ0v) is 6.99. The molecule has 3 nitrogen and oxygen atoms in total. The summed E-state index contributed by atoms with van der Waals surface area (Å²) in [6, 6.07) is 6.02. The molecule has 0 aromatic carbocycles. The minimum Gasteiger partial charge on any atom is -0.383 e. The first-order valence-electron chi connectivity index (χ1n) is 4.03. The summed E-state index contributed by atoms with van der Waals surface area (Å²) in [6.45, 7) is 2.11. The highest BCUT2D eigenvalue weighted by atomic mass is 15.1. The number of nitrogens with two attached hydrogens (primary N) is 1. The molecular weight excluding hydrogens is 150 g/mol. The summed E-state index contributed by atoms with van der Waals surface area (Å²) in [7, 11) is 0. The third-order valence-electron chi connectivity index (χ3n) is 2.00. The second kappa shape index (κ2) is 2.52. The van der Waals surface area contributed by atoms with E-state index in [1.807, 2.05) is 16.5 Å². The second-order valence-corrected chi connectivity index (χ2v) is 2.75. The standard InChI is InChI=1S/C9H11N3/c1-2-7-4-3-5-9-11-6-8(10)12(7)9/h3-6H,2,10H2,1H3. The molecule has 0 saturated carbocycles. The van der Waals surface area contributed by atoms with E-state index in [4.69, 9.17) is 5.73 Å². The Bertz CT molecular complexity index is 403. The third kappa shape index (κ3) is 0.863. The number of imidazole rings is 1. The molecule has 2 aromatic rings. The zero-order valence-electron chi connectivity index (χ0n) is 6.99. The van der Waals surface area contributed by atoms with Gasteiger partial charge in [-0.15, -0.1) is 0 Å². The number of hydrogen-bond acceptors (Lipinski definition) is 2. The highest BCUT2D eigenvalue weighted by molar-refractivity contribution is 5.49. The molecule has 62 valence electrons. The first kappa shape index (κ1) is 7.16. The fraction of sp³-hybridized carbons (Fsp3) is 0.222. The Morgan fingerprint density at radius 2 is 2.33 bits per heavy atom. The molecule has 3 heteroatoms. The van der Waals surface area contributed by atoms with Crippen molar-refractivity contribution >= 4 is 11.5 Å². The lowest BCUT2D eigenvalue weighted by molar-refractivity contribution is 0.986. The van der Waals surface area contributed by atoms with Crippen LogP contribution in [0.1, 0.15) is 12.6 Å². The number of fused-ring (bicyclic) bond motifs is 1. The summed E-state index contributed by atoms with van der Waals surface area (Å²) in [5.41, 5.74) is 7.87. The van der Waals surface area contributed by atoms with Crippen molar-refractivity contribution in [3.8, 4) is 0 Å². The average molecular weight is 161 g/mol. The summed E-state index contributed by atoms with van der Waals surface area (Å²) >= 11 is 0. The molecule has 0 aliphatic heterocycles. The fourth-order valence-corrected chi connectivity index (χ4v) is 1.41. The molecule has 0 saturated heterocycles. The molecule has 2 aromatic heterocycles. The Labute approximate surface area is 70.8 Å². The highest BCUT2D eigenvalue weighted by Crippen LogP contribution is 2.12. The smallest absolute Gasteiger partial charge is 0.138 e. The van der Waals surface area contributed by atoms with Crippen molar-refractivity contribution in [2.75, 3.05) is 5.73 Å². The van der Waals surface area contributed by atoms with Crippen molar-refractivity contribution in [2.24, 2.45) is 0 Å². The number of rotatable bonds is 1. The maximum absolute atomic E-state index is 5.75. The van der Waals surface area contributed by atoms with Gasteiger partial charge in [-0.3, -0.25) is 4.40 Å². The highest BCUT2D eigenvalue weighted by Gasteiger charge is 2.01. The van der Waals surface area contributed by atoms with E-state index in [-0.39, 0.29) is 0 Å². The molecule has 12 heavy (non-hydrogen) atoms. The quantitative estimate of drug-likeness (QED) is 0.688. The van der Waals surface area contributed by atoms with Crippen molar-refractivity contribution in [2.45, 2.75) is 13.3 Å². The van der Waals surface area contributed by atoms with Crippen LogP contribution in [0.25, 0.3) is 5.65 Å². The van der Waals surface area contributed by atoms with Crippen molar-refractivity contribution in [1.29, 1.82) is 0 Å². The topological polar surface area (TPSA) is 43.3 Å². The maximum Gasteiger partial charge on any atom is 0.138 e. The lowest BCUT2D eigenvalue weighted by atomic mass is 10.3. The molecule has 0 spiro atoms. The maximum atomic E-state index is 5.75. The van der Waals surface area contributed by atoms with Crippen LogP contribution in [0.2, 0.25) is 0 Å². The number of pyridine rings is 1. The Hall–Kier alpha value is -1.51. The molecule has 2 heterocycles. The normalized spacial score (nSPS) is 10.8. The third-order valence-corrected chi connectivity index (χ3v) is 2.00. The molecule has 0 amide bonds. The predicted octanol–water partition coefficient (Wildman–Crippen LogP) is 1.48. The van der Waals surface area contributed by atoms with E-state index in [9.17, 15) is 0 Å². The van der Waals surface area contributed by atoms with Gasteiger partial charge in [0.2, 0.25) is 0 Å². The Morgan fingerprint density at radius 1 is 1.50 bits per heavy atom. The number of hydrogen-bond donors (Lipinski definition) is 1. The molecule has 0 aliphatic carbocycles. The minimum atomic E-state index is 0.711. The van der Waals surface area contributed by atoms with E-state index in [2.05, 4.69) is 18.0 Å². The second-order valence-electron chi connectivity index (χ2n) is 2.75. The van der Waals surface area contributed by atoms with Gasteiger partial charge in [0.25, 0.3) is 0 Å². The van der Waals surface area contributed by atoms with Crippen molar-refractivity contribution < 1.29 is 0 Å². The van der Waals surface area contributed by atoms with Gasteiger partial charge in [-0.1, -0.05) is 13.0 Å². The van der Waals surface area contributed by atoms with Crippen LogP contribution >= 0.6 is 0 Å².